The summed E-state index contributed by atoms with van der Waals surface area (Å²) >= 11 is 1.96. The first-order valence-corrected chi connectivity index (χ1v) is 8.69. The van der Waals surface area contributed by atoms with Crippen molar-refractivity contribution in [2.75, 3.05) is 31.1 Å². The predicted octanol–water partition coefficient (Wildman–Crippen LogP) is 0.922. The van der Waals surface area contributed by atoms with E-state index in [-0.39, 0.29) is 5.91 Å². The summed E-state index contributed by atoms with van der Waals surface area (Å²) in [5, 5.41) is 6.43. The number of hydrazone groups is 1. The summed E-state index contributed by atoms with van der Waals surface area (Å²) in [6.07, 6.45) is 1.72. The quantitative estimate of drug-likeness (QED) is 0.651. The van der Waals surface area contributed by atoms with Crippen LogP contribution in [-0.2, 0) is 4.79 Å². The largest absolute Gasteiger partial charge is 0.326 e. The van der Waals surface area contributed by atoms with E-state index in [1.54, 1.807) is 6.21 Å². The smallest absolute Gasteiger partial charge is 0.295 e. The number of nitrogens with one attached hydrogen (secondary N) is 2. The van der Waals surface area contributed by atoms with E-state index in [2.05, 4.69) is 28.7 Å². The molecule has 22 heavy (non-hydrogen) atoms. The molecule has 2 aromatic carbocycles. The molecular weight excluding hydrogens is 294 g/mol. The monoisotopic (exact) mass is 314 g/mol. The van der Waals surface area contributed by atoms with Crippen LogP contribution >= 0.6 is 11.8 Å². The molecule has 0 saturated carbocycles. The van der Waals surface area contributed by atoms with Crippen LogP contribution in [-0.4, -0.2) is 43.3 Å². The van der Waals surface area contributed by atoms with Crippen LogP contribution < -0.4 is 10.3 Å². The van der Waals surface area contributed by atoms with E-state index < -0.39 is 0 Å². The van der Waals surface area contributed by atoms with Gasteiger partial charge in [0.05, 0.1) is 19.3 Å². The molecule has 1 amide bonds. The molecule has 0 aromatic heterocycles. The summed E-state index contributed by atoms with van der Waals surface area (Å²) in [5.74, 6) is 2.27. The molecule has 1 saturated heterocycles. The summed E-state index contributed by atoms with van der Waals surface area (Å²) in [6, 6.07) is 14.2. The van der Waals surface area contributed by atoms with Crippen molar-refractivity contribution in [1.82, 2.24) is 5.43 Å². The van der Waals surface area contributed by atoms with Crippen LogP contribution in [0.15, 0.2) is 47.6 Å². The minimum absolute atomic E-state index is 0.0154. The number of thioether (sulfide) groups is 1. The molecule has 0 unspecified atom stereocenters. The number of amides is 1. The van der Waals surface area contributed by atoms with Crippen molar-refractivity contribution < 1.29 is 9.69 Å². The molecule has 4 nitrogen and oxygen atoms in total. The zero-order chi connectivity index (χ0) is 15.2. The van der Waals surface area contributed by atoms with E-state index in [1.807, 2.05) is 36.0 Å². The van der Waals surface area contributed by atoms with Crippen LogP contribution in [0.2, 0.25) is 0 Å². The van der Waals surface area contributed by atoms with Crippen LogP contribution in [0.4, 0.5) is 0 Å². The van der Waals surface area contributed by atoms with Crippen molar-refractivity contribution in [2.45, 2.75) is 0 Å². The van der Waals surface area contributed by atoms with Crippen molar-refractivity contribution in [3.8, 4) is 0 Å². The average Bonchev–Trinajstić information content (AvgIpc) is 2.56. The van der Waals surface area contributed by atoms with E-state index in [0.717, 1.165) is 35.5 Å². The first-order valence-electron chi connectivity index (χ1n) is 7.54. The van der Waals surface area contributed by atoms with Crippen molar-refractivity contribution >= 4 is 34.7 Å². The molecule has 1 fully saturated rings. The molecule has 5 heteroatoms. The predicted molar refractivity (Wildman–Crippen MR) is 92.6 cm³/mol. The fourth-order valence-corrected chi connectivity index (χ4v) is 3.71. The van der Waals surface area contributed by atoms with Gasteiger partial charge in [-0.15, -0.1) is 0 Å². The molecular formula is C17H20N3OS+. The highest BCUT2D eigenvalue weighted by molar-refractivity contribution is 7.99. The molecule has 0 aliphatic carbocycles. The van der Waals surface area contributed by atoms with E-state index >= 15 is 0 Å². The minimum Gasteiger partial charge on any atom is -0.326 e. The molecule has 0 spiro atoms. The molecule has 2 N–H and O–H groups in total. The highest BCUT2D eigenvalue weighted by Gasteiger charge is 2.16. The Morgan fingerprint density at radius 1 is 1.18 bits per heavy atom. The number of quaternary nitrogens is 1. The Kier molecular flexibility index (Phi) is 5.08. The topological polar surface area (TPSA) is 45.9 Å². The van der Waals surface area contributed by atoms with Gasteiger partial charge < -0.3 is 4.90 Å². The lowest BCUT2D eigenvalue weighted by atomic mass is 10.1. The lowest BCUT2D eigenvalue weighted by molar-refractivity contribution is -0.888. The molecule has 1 aliphatic rings. The van der Waals surface area contributed by atoms with Crippen LogP contribution in [0.1, 0.15) is 5.56 Å². The number of carbonyl (C=O) groups is 1. The van der Waals surface area contributed by atoms with Gasteiger partial charge in [-0.05, 0) is 10.8 Å². The van der Waals surface area contributed by atoms with Gasteiger partial charge in [0, 0.05) is 17.1 Å². The van der Waals surface area contributed by atoms with Crippen molar-refractivity contribution in [2.24, 2.45) is 5.10 Å². The van der Waals surface area contributed by atoms with E-state index in [4.69, 9.17) is 0 Å². The summed E-state index contributed by atoms with van der Waals surface area (Å²) in [6.45, 7) is 2.63. The maximum atomic E-state index is 11.9. The Bertz CT molecular complexity index is 675. The number of benzene rings is 2. The zero-order valence-electron chi connectivity index (χ0n) is 12.4. The minimum atomic E-state index is -0.0154. The highest BCUT2D eigenvalue weighted by atomic mass is 32.2. The fraction of sp³-hybridized carbons (Fsp3) is 0.294. The van der Waals surface area contributed by atoms with Gasteiger partial charge in [0.2, 0.25) is 0 Å². The lowest BCUT2D eigenvalue weighted by Crippen LogP contribution is -3.14. The Morgan fingerprint density at radius 2 is 1.95 bits per heavy atom. The molecule has 0 bridgehead atoms. The van der Waals surface area contributed by atoms with Crippen LogP contribution in [0.25, 0.3) is 10.8 Å². The average molecular weight is 314 g/mol. The van der Waals surface area contributed by atoms with Gasteiger partial charge in [-0.1, -0.05) is 42.5 Å². The van der Waals surface area contributed by atoms with E-state index in [1.165, 1.54) is 10.3 Å². The second kappa shape index (κ2) is 7.42. The number of fused-ring (bicyclic) bond motifs is 1. The maximum Gasteiger partial charge on any atom is 0.295 e. The number of carbonyl (C=O) groups excluding carboxylic acids is 1. The summed E-state index contributed by atoms with van der Waals surface area (Å²) < 4.78 is 0. The van der Waals surface area contributed by atoms with Gasteiger partial charge in [-0.3, -0.25) is 4.79 Å². The Morgan fingerprint density at radius 3 is 2.82 bits per heavy atom. The molecule has 0 atom stereocenters. The summed E-state index contributed by atoms with van der Waals surface area (Å²) in [4.78, 5) is 13.3. The summed E-state index contributed by atoms with van der Waals surface area (Å²) in [7, 11) is 0. The molecule has 3 rings (SSSR count). The summed E-state index contributed by atoms with van der Waals surface area (Å²) in [5.41, 5.74) is 3.66. The molecule has 0 radical (unpaired) electrons. The Hall–Kier alpha value is -1.85. The standard InChI is InChI=1S/C17H19N3OS/c21-17(13-20-8-10-22-11-9-20)19-18-12-15-6-3-5-14-4-1-2-7-16(14)15/h1-7,12H,8-11,13H2,(H,19,21)/p+1/b18-12-. The molecule has 1 heterocycles. The van der Waals surface area contributed by atoms with Gasteiger partial charge in [-0.25, -0.2) is 5.43 Å². The van der Waals surface area contributed by atoms with Gasteiger partial charge in [0.15, 0.2) is 6.54 Å². The number of rotatable bonds is 4. The highest BCUT2D eigenvalue weighted by Crippen LogP contribution is 2.16. The van der Waals surface area contributed by atoms with Gasteiger partial charge >= 0.3 is 0 Å². The van der Waals surface area contributed by atoms with Crippen molar-refractivity contribution in [1.29, 1.82) is 0 Å². The molecule has 114 valence electrons. The normalized spacial score (nSPS) is 16.2. The number of nitrogens with zero attached hydrogens (tertiary/aromatic N) is 1. The van der Waals surface area contributed by atoms with E-state index in [0.29, 0.717) is 6.54 Å². The third-order valence-electron chi connectivity index (χ3n) is 3.83. The van der Waals surface area contributed by atoms with Gasteiger partial charge in [0.1, 0.15) is 0 Å². The van der Waals surface area contributed by atoms with Gasteiger partial charge in [-0.2, -0.15) is 16.9 Å². The van der Waals surface area contributed by atoms with Crippen LogP contribution in [0.3, 0.4) is 0 Å². The van der Waals surface area contributed by atoms with Gasteiger partial charge in [0.25, 0.3) is 5.91 Å². The molecule has 1 aliphatic heterocycles. The first kappa shape index (κ1) is 15.1. The second-order valence-electron chi connectivity index (χ2n) is 5.40. The van der Waals surface area contributed by atoms with Crippen LogP contribution in [0, 0.1) is 0 Å². The fourth-order valence-electron chi connectivity index (χ4n) is 2.64. The zero-order valence-corrected chi connectivity index (χ0v) is 13.2. The molecule has 2 aromatic rings. The van der Waals surface area contributed by atoms with Crippen molar-refractivity contribution in [3.05, 3.63) is 48.0 Å². The SMILES string of the molecule is O=C(C[NH+]1CCSCC1)N/N=C\c1cccc2ccccc12. The number of hydrogen-bond donors (Lipinski definition) is 2. The Balaban J connectivity index is 1.60. The Labute approximate surface area is 134 Å². The van der Waals surface area contributed by atoms with Crippen LogP contribution in [0.5, 0.6) is 0 Å². The maximum absolute atomic E-state index is 11.9. The lowest BCUT2D eigenvalue weighted by Gasteiger charge is -2.21. The third-order valence-corrected chi connectivity index (χ3v) is 4.81. The van der Waals surface area contributed by atoms with Crippen molar-refractivity contribution in [3.63, 3.8) is 0 Å². The number of hydrogen-bond acceptors (Lipinski definition) is 3. The first-order chi connectivity index (χ1) is 10.8. The third kappa shape index (κ3) is 3.87. The van der Waals surface area contributed by atoms with E-state index in [9.17, 15) is 4.79 Å². The second-order valence-corrected chi connectivity index (χ2v) is 6.63.